The van der Waals surface area contributed by atoms with E-state index in [2.05, 4.69) is 14.9 Å². The van der Waals surface area contributed by atoms with Gasteiger partial charge < -0.3 is 14.6 Å². The van der Waals surface area contributed by atoms with Crippen molar-refractivity contribution in [3.05, 3.63) is 27.4 Å². The van der Waals surface area contributed by atoms with Crippen molar-refractivity contribution >= 4 is 5.91 Å². The predicted molar refractivity (Wildman–Crippen MR) is 93.4 cm³/mol. The molecule has 1 saturated heterocycles. The lowest BCUT2D eigenvalue weighted by molar-refractivity contribution is -0.141. The maximum Gasteiger partial charge on any atom is 0.254 e. The van der Waals surface area contributed by atoms with Crippen molar-refractivity contribution < 1.29 is 9.53 Å². The number of amides is 1. The number of aryl methyl sites for hydroxylation is 1. The summed E-state index contributed by atoms with van der Waals surface area (Å²) in [6, 6.07) is 0.336. The van der Waals surface area contributed by atoms with E-state index < -0.39 is 0 Å². The molecular formula is C19H27N3O3. The average molecular weight is 345 g/mol. The van der Waals surface area contributed by atoms with Gasteiger partial charge in [0.05, 0.1) is 11.8 Å². The quantitative estimate of drug-likeness (QED) is 0.886. The molecule has 3 aliphatic rings. The maximum atomic E-state index is 13.3. The molecule has 4 rings (SSSR count). The lowest BCUT2D eigenvalue weighted by Gasteiger charge is -2.35. The van der Waals surface area contributed by atoms with Crippen LogP contribution in [-0.2, 0) is 22.4 Å². The van der Waals surface area contributed by atoms with Crippen LogP contribution in [0.2, 0.25) is 0 Å². The first-order chi connectivity index (χ1) is 12.1. The van der Waals surface area contributed by atoms with Crippen LogP contribution in [0.1, 0.15) is 55.6 Å². The Kier molecular flexibility index (Phi) is 4.40. The number of hydrogen-bond donors (Lipinski definition) is 1. The molecule has 25 heavy (non-hydrogen) atoms. The molecule has 1 aromatic rings. The van der Waals surface area contributed by atoms with Crippen molar-refractivity contribution in [3.8, 4) is 0 Å². The minimum absolute atomic E-state index is 0.0282. The minimum atomic E-state index is -0.0282. The van der Waals surface area contributed by atoms with Crippen LogP contribution in [0.3, 0.4) is 0 Å². The van der Waals surface area contributed by atoms with E-state index in [0.29, 0.717) is 18.7 Å². The number of H-pyrrole nitrogens is 1. The summed E-state index contributed by atoms with van der Waals surface area (Å²) < 4.78 is 5.51. The van der Waals surface area contributed by atoms with Crippen LogP contribution in [0.25, 0.3) is 0 Å². The van der Waals surface area contributed by atoms with Crippen LogP contribution in [0.5, 0.6) is 0 Å². The van der Waals surface area contributed by atoms with Crippen LogP contribution in [-0.4, -0.2) is 46.1 Å². The molecule has 2 fully saturated rings. The van der Waals surface area contributed by atoms with Crippen molar-refractivity contribution in [1.82, 2.24) is 14.9 Å². The van der Waals surface area contributed by atoms with E-state index in [4.69, 9.17) is 4.74 Å². The number of carbonyl (C=O) groups is 1. The Balaban J connectivity index is 1.59. The lowest BCUT2D eigenvalue weighted by atomic mass is 9.86. The van der Waals surface area contributed by atoms with Gasteiger partial charge in [0, 0.05) is 43.5 Å². The van der Waals surface area contributed by atoms with Crippen molar-refractivity contribution in [3.63, 3.8) is 0 Å². The largest absolute Gasteiger partial charge is 0.381 e. The molecule has 1 N–H and O–H groups in total. The summed E-state index contributed by atoms with van der Waals surface area (Å²) in [5.41, 5.74) is 1.65. The second-order valence-electron chi connectivity index (χ2n) is 7.84. The average Bonchev–Trinajstić information content (AvgIpc) is 2.90. The molecule has 2 aliphatic heterocycles. The van der Waals surface area contributed by atoms with Gasteiger partial charge in [-0.3, -0.25) is 9.59 Å². The molecule has 1 saturated carbocycles. The number of methoxy groups -OCH3 is 1. The highest BCUT2D eigenvalue weighted by Gasteiger charge is 2.43. The van der Waals surface area contributed by atoms with E-state index in [1.807, 2.05) is 6.92 Å². The van der Waals surface area contributed by atoms with Crippen LogP contribution in [0.15, 0.2) is 4.79 Å². The molecule has 6 nitrogen and oxygen atoms in total. The molecule has 6 heteroatoms. The van der Waals surface area contributed by atoms with Gasteiger partial charge in [-0.15, -0.1) is 0 Å². The van der Waals surface area contributed by atoms with E-state index in [-0.39, 0.29) is 35.6 Å². The summed E-state index contributed by atoms with van der Waals surface area (Å²) in [6.45, 7) is 1.82. The third-order valence-corrected chi connectivity index (χ3v) is 6.27. The van der Waals surface area contributed by atoms with Gasteiger partial charge in [-0.05, 0) is 39.0 Å². The zero-order valence-electron chi connectivity index (χ0n) is 15.1. The SMILES string of the molecule is CO[C@H]1CCC[C@@H](C(=O)N2[C@@H]3CC[C@H]2Cc2c(nc(C)[nH]c2=O)C3)C1. The number of ether oxygens (including phenoxy) is 1. The van der Waals surface area contributed by atoms with Gasteiger partial charge in [-0.2, -0.15) is 0 Å². The Morgan fingerprint density at radius 2 is 1.96 bits per heavy atom. The molecule has 2 bridgehead atoms. The zero-order valence-corrected chi connectivity index (χ0v) is 15.1. The minimum Gasteiger partial charge on any atom is -0.381 e. The molecule has 0 aromatic carbocycles. The molecule has 136 valence electrons. The maximum absolute atomic E-state index is 13.3. The molecule has 3 heterocycles. The van der Waals surface area contributed by atoms with Crippen LogP contribution in [0, 0.1) is 12.8 Å². The predicted octanol–water partition coefficient (Wildman–Crippen LogP) is 1.74. The van der Waals surface area contributed by atoms with E-state index in [1.54, 1.807) is 7.11 Å². The van der Waals surface area contributed by atoms with Crippen LogP contribution in [0.4, 0.5) is 0 Å². The number of aromatic nitrogens is 2. The van der Waals surface area contributed by atoms with E-state index in [9.17, 15) is 9.59 Å². The fourth-order valence-corrected chi connectivity index (χ4v) is 5.02. The third-order valence-electron chi connectivity index (χ3n) is 6.27. The normalized spacial score (nSPS) is 31.5. The summed E-state index contributed by atoms with van der Waals surface area (Å²) >= 11 is 0. The van der Waals surface area contributed by atoms with Crippen LogP contribution >= 0.6 is 0 Å². The molecule has 0 radical (unpaired) electrons. The Morgan fingerprint density at radius 3 is 2.72 bits per heavy atom. The number of nitrogens with one attached hydrogen (secondary N) is 1. The van der Waals surface area contributed by atoms with Gasteiger partial charge in [-0.25, -0.2) is 4.98 Å². The molecule has 1 aromatic heterocycles. The smallest absolute Gasteiger partial charge is 0.254 e. The number of fused-ring (bicyclic) bond motifs is 3. The summed E-state index contributed by atoms with van der Waals surface area (Å²) in [6.07, 6.45) is 7.46. The van der Waals surface area contributed by atoms with E-state index in [1.165, 1.54) is 0 Å². The van der Waals surface area contributed by atoms with Gasteiger partial charge in [0.25, 0.3) is 5.56 Å². The highest BCUT2D eigenvalue weighted by atomic mass is 16.5. The molecule has 0 unspecified atom stereocenters. The first-order valence-corrected chi connectivity index (χ1v) is 9.50. The number of hydrogen-bond acceptors (Lipinski definition) is 4. The van der Waals surface area contributed by atoms with Gasteiger partial charge in [0.2, 0.25) is 5.91 Å². The molecule has 1 aliphatic carbocycles. The second-order valence-corrected chi connectivity index (χ2v) is 7.84. The Labute approximate surface area is 148 Å². The monoisotopic (exact) mass is 345 g/mol. The molecular weight excluding hydrogens is 318 g/mol. The number of aromatic amines is 1. The Bertz CT molecular complexity index is 729. The first-order valence-electron chi connectivity index (χ1n) is 9.50. The number of carbonyl (C=O) groups excluding carboxylic acids is 1. The van der Waals surface area contributed by atoms with Gasteiger partial charge in [0.15, 0.2) is 0 Å². The third kappa shape index (κ3) is 3.01. The highest BCUT2D eigenvalue weighted by Crippen LogP contribution is 2.36. The molecule has 0 spiro atoms. The fourth-order valence-electron chi connectivity index (χ4n) is 5.02. The van der Waals surface area contributed by atoms with Gasteiger partial charge >= 0.3 is 0 Å². The Hall–Kier alpha value is -1.69. The highest BCUT2D eigenvalue weighted by molar-refractivity contribution is 5.80. The lowest BCUT2D eigenvalue weighted by Crippen LogP contribution is -2.46. The summed E-state index contributed by atoms with van der Waals surface area (Å²) in [7, 11) is 1.74. The van der Waals surface area contributed by atoms with Gasteiger partial charge in [0.1, 0.15) is 5.82 Å². The first kappa shape index (κ1) is 16.8. The zero-order chi connectivity index (χ0) is 17.6. The van der Waals surface area contributed by atoms with Crippen LogP contribution < -0.4 is 5.56 Å². The summed E-state index contributed by atoms with van der Waals surface area (Å²) in [4.78, 5) is 35.2. The molecule has 1 amide bonds. The fraction of sp³-hybridized carbons (Fsp3) is 0.737. The van der Waals surface area contributed by atoms with Crippen molar-refractivity contribution in [1.29, 1.82) is 0 Å². The second kappa shape index (κ2) is 6.56. The summed E-state index contributed by atoms with van der Waals surface area (Å²) in [5.74, 6) is 1.00. The number of nitrogens with zero attached hydrogens (tertiary/aromatic N) is 2. The standard InChI is InChI=1S/C19H27N3O3/c1-11-20-17-10-14-7-6-13(9-16(17)18(23)21-11)22(14)19(24)12-4-3-5-15(8-12)25-2/h12-15H,3-10H2,1-2H3,(H,20,21,23)/t12-,13+,14-,15+/m1/s1. The number of rotatable bonds is 2. The van der Waals surface area contributed by atoms with E-state index >= 15 is 0 Å². The van der Waals surface area contributed by atoms with Crippen molar-refractivity contribution in [2.75, 3.05) is 7.11 Å². The summed E-state index contributed by atoms with van der Waals surface area (Å²) in [5, 5.41) is 0. The van der Waals surface area contributed by atoms with Crippen molar-refractivity contribution in [2.45, 2.75) is 76.5 Å². The van der Waals surface area contributed by atoms with Crippen molar-refractivity contribution in [2.24, 2.45) is 5.92 Å². The van der Waals surface area contributed by atoms with E-state index in [0.717, 1.165) is 49.8 Å². The topological polar surface area (TPSA) is 75.3 Å². The van der Waals surface area contributed by atoms with Gasteiger partial charge in [-0.1, -0.05) is 6.42 Å². The molecule has 4 atom stereocenters. The Morgan fingerprint density at radius 1 is 1.20 bits per heavy atom.